The summed E-state index contributed by atoms with van der Waals surface area (Å²) in [6.07, 6.45) is 1.90. The molecule has 0 spiro atoms. The predicted molar refractivity (Wildman–Crippen MR) is 60.5 cm³/mol. The van der Waals surface area contributed by atoms with Crippen LogP contribution in [-0.4, -0.2) is 46.9 Å². The van der Waals surface area contributed by atoms with Crippen molar-refractivity contribution in [3.05, 3.63) is 0 Å². The fraction of sp³-hybridized carbons (Fsp3) is 1.00. The summed E-state index contributed by atoms with van der Waals surface area (Å²) in [5.74, 6) is 0.0463. The maximum Gasteiger partial charge on any atom is 0.0506 e. The minimum atomic E-state index is -0.255. The van der Waals surface area contributed by atoms with Crippen LogP contribution >= 0.6 is 0 Å². The molecule has 0 aliphatic rings. The van der Waals surface area contributed by atoms with Crippen LogP contribution < -0.4 is 0 Å². The molecule has 0 saturated carbocycles. The molecule has 0 heterocycles. The Bertz CT molecular complexity index is 120. The van der Waals surface area contributed by atoms with Gasteiger partial charge in [0.25, 0.3) is 0 Å². The second kappa shape index (κ2) is 10.4. The molecular formula is C11H26O4. The molecule has 0 amide bonds. The fourth-order valence-electron chi connectivity index (χ4n) is 0.869. The average molecular weight is 222 g/mol. The molecule has 0 saturated heterocycles. The highest BCUT2D eigenvalue weighted by atomic mass is 16.3. The molecule has 4 heteroatoms. The first-order chi connectivity index (χ1) is 6.99. The van der Waals surface area contributed by atoms with Gasteiger partial charge in [-0.3, -0.25) is 0 Å². The van der Waals surface area contributed by atoms with Crippen molar-refractivity contribution in [2.45, 2.75) is 33.6 Å². The van der Waals surface area contributed by atoms with Crippen molar-refractivity contribution in [1.82, 2.24) is 0 Å². The summed E-state index contributed by atoms with van der Waals surface area (Å²) in [5.41, 5.74) is -0.255. The van der Waals surface area contributed by atoms with Crippen molar-refractivity contribution in [2.75, 3.05) is 26.4 Å². The topological polar surface area (TPSA) is 80.9 Å². The molecule has 4 N–H and O–H groups in total. The van der Waals surface area contributed by atoms with Crippen LogP contribution in [0.3, 0.4) is 0 Å². The quantitative estimate of drug-likeness (QED) is 0.524. The fourth-order valence-corrected chi connectivity index (χ4v) is 0.869. The van der Waals surface area contributed by atoms with Gasteiger partial charge in [-0.2, -0.15) is 0 Å². The van der Waals surface area contributed by atoms with Crippen LogP contribution in [-0.2, 0) is 0 Å². The molecule has 94 valence electrons. The lowest BCUT2D eigenvalue weighted by Gasteiger charge is -2.23. The van der Waals surface area contributed by atoms with Gasteiger partial charge in [0.2, 0.25) is 0 Å². The predicted octanol–water partition coefficient (Wildman–Crippen LogP) is 0.384. The summed E-state index contributed by atoms with van der Waals surface area (Å²) in [4.78, 5) is 0. The van der Waals surface area contributed by atoms with Crippen molar-refractivity contribution in [3.8, 4) is 0 Å². The Balaban J connectivity index is 0. The van der Waals surface area contributed by atoms with Crippen molar-refractivity contribution >= 4 is 0 Å². The van der Waals surface area contributed by atoms with E-state index in [0.29, 0.717) is 0 Å². The van der Waals surface area contributed by atoms with Gasteiger partial charge in [-0.05, 0) is 6.42 Å². The molecule has 4 nitrogen and oxygen atoms in total. The van der Waals surface area contributed by atoms with Gasteiger partial charge in [0.1, 0.15) is 0 Å². The molecule has 0 unspecified atom stereocenters. The third-order valence-electron chi connectivity index (χ3n) is 2.24. The third kappa shape index (κ3) is 10.1. The summed E-state index contributed by atoms with van der Waals surface area (Å²) in [6.45, 7) is 6.03. The van der Waals surface area contributed by atoms with E-state index in [2.05, 4.69) is 0 Å². The van der Waals surface area contributed by atoms with Crippen LogP contribution in [0.4, 0.5) is 0 Å². The van der Waals surface area contributed by atoms with E-state index in [1.807, 2.05) is 13.8 Å². The largest absolute Gasteiger partial charge is 0.396 e. The second-order valence-corrected chi connectivity index (χ2v) is 4.35. The summed E-state index contributed by atoms with van der Waals surface area (Å²) in [6, 6.07) is 0. The SMILES string of the molecule is CC(CO)CO.CCCC(C)(CO)CO. The van der Waals surface area contributed by atoms with Gasteiger partial charge in [0, 0.05) is 24.5 Å². The molecule has 0 atom stereocenters. The summed E-state index contributed by atoms with van der Waals surface area (Å²) in [5, 5.41) is 33.9. The van der Waals surface area contributed by atoms with Gasteiger partial charge >= 0.3 is 0 Å². The van der Waals surface area contributed by atoms with E-state index >= 15 is 0 Å². The number of aliphatic hydroxyl groups excluding tert-OH is 4. The molecule has 0 bridgehead atoms. The monoisotopic (exact) mass is 222 g/mol. The Labute approximate surface area is 92.6 Å². The van der Waals surface area contributed by atoms with E-state index in [0.717, 1.165) is 12.8 Å². The van der Waals surface area contributed by atoms with Gasteiger partial charge < -0.3 is 20.4 Å². The van der Waals surface area contributed by atoms with Gasteiger partial charge in [-0.1, -0.05) is 27.2 Å². The second-order valence-electron chi connectivity index (χ2n) is 4.35. The van der Waals surface area contributed by atoms with E-state index in [1.165, 1.54) is 0 Å². The zero-order chi connectivity index (χ0) is 12.3. The Morgan fingerprint density at radius 1 is 1.00 bits per heavy atom. The highest BCUT2D eigenvalue weighted by Gasteiger charge is 2.20. The summed E-state index contributed by atoms with van der Waals surface area (Å²) in [7, 11) is 0. The standard InChI is InChI=1S/C7H16O2.C4H10O2/c1-3-4-7(2,5-8)6-9;1-4(2-5)3-6/h8-9H,3-6H2,1-2H3;4-6H,2-3H2,1H3. The maximum absolute atomic E-state index is 8.76. The first-order valence-electron chi connectivity index (χ1n) is 5.43. The summed E-state index contributed by atoms with van der Waals surface area (Å²) < 4.78 is 0. The van der Waals surface area contributed by atoms with E-state index in [-0.39, 0.29) is 37.8 Å². The minimum absolute atomic E-state index is 0.0463. The lowest BCUT2D eigenvalue weighted by molar-refractivity contribution is 0.0622. The molecule has 0 aromatic carbocycles. The van der Waals surface area contributed by atoms with Crippen LogP contribution in [0, 0.1) is 11.3 Å². The number of rotatable bonds is 6. The van der Waals surface area contributed by atoms with Gasteiger partial charge in [0.05, 0.1) is 13.2 Å². The first-order valence-corrected chi connectivity index (χ1v) is 5.43. The Kier molecular flexibility index (Phi) is 11.9. The minimum Gasteiger partial charge on any atom is -0.396 e. The number of hydrogen-bond donors (Lipinski definition) is 4. The maximum atomic E-state index is 8.76. The Morgan fingerprint density at radius 3 is 1.47 bits per heavy atom. The molecule has 0 aliphatic carbocycles. The number of hydrogen-bond acceptors (Lipinski definition) is 4. The lowest BCUT2D eigenvalue weighted by Crippen LogP contribution is -2.25. The highest BCUT2D eigenvalue weighted by Crippen LogP contribution is 2.20. The van der Waals surface area contributed by atoms with E-state index in [9.17, 15) is 0 Å². The van der Waals surface area contributed by atoms with Crippen LogP contribution in [0.15, 0.2) is 0 Å². The van der Waals surface area contributed by atoms with Gasteiger partial charge in [-0.15, -0.1) is 0 Å². The third-order valence-corrected chi connectivity index (χ3v) is 2.24. The molecule has 0 radical (unpaired) electrons. The Hall–Kier alpha value is -0.160. The van der Waals surface area contributed by atoms with Gasteiger partial charge in [-0.25, -0.2) is 0 Å². The molecule has 15 heavy (non-hydrogen) atoms. The number of aliphatic hydroxyl groups is 4. The molecule has 0 aromatic heterocycles. The average Bonchev–Trinajstić information content (AvgIpc) is 2.29. The van der Waals surface area contributed by atoms with Crippen molar-refractivity contribution < 1.29 is 20.4 Å². The van der Waals surface area contributed by atoms with E-state index in [1.54, 1.807) is 6.92 Å². The molecule has 0 aliphatic heterocycles. The normalized spacial score (nSPS) is 11.2. The zero-order valence-electron chi connectivity index (χ0n) is 10.1. The van der Waals surface area contributed by atoms with Crippen molar-refractivity contribution in [3.63, 3.8) is 0 Å². The van der Waals surface area contributed by atoms with Crippen LogP contribution in [0.2, 0.25) is 0 Å². The van der Waals surface area contributed by atoms with Crippen LogP contribution in [0.1, 0.15) is 33.6 Å². The smallest absolute Gasteiger partial charge is 0.0506 e. The first kappa shape index (κ1) is 17.2. The van der Waals surface area contributed by atoms with Crippen LogP contribution in [0.5, 0.6) is 0 Å². The van der Waals surface area contributed by atoms with Crippen molar-refractivity contribution in [1.29, 1.82) is 0 Å². The van der Waals surface area contributed by atoms with E-state index < -0.39 is 0 Å². The van der Waals surface area contributed by atoms with Gasteiger partial charge in [0.15, 0.2) is 0 Å². The Morgan fingerprint density at radius 2 is 1.40 bits per heavy atom. The molecule has 0 rings (SSSR count). The zero-order valence-corrected chi connectivity index (χ0v) is 10.1. The highest BCUT2D eigenvalue weighted by molar-refractivity contribution is 4.70. The van der Waals surface area contributed by atoms with Crippen LogP contribution in [0.25, 0.3) is 0 Å². The molecule has 0 aromatic rings. The lowest BCUT2D eigenvalue weighted by atomic mass is 9.88. The summed E-state index contributed by atoms with van der Waals surface area (Å²) >= 11 is 0. The molecule has 0 fully saturated rings. The molecular weight excluding hydrogens is 196 g/mol. The van der Waals surface area contributed by atoms with E-state index in [4.69, 9.17) is 20.4 Å². The van der Waals surface area contributed by atoms with Crippen molar-refractivity contribution in [2.24, 2.45) is 11.3 Å².